The Balaban J connectivity index is 2.71. The number of rotatable bonds is 5. The van der Waals surface area contributed by atoms with E-state index in [1.807, 2.05) is 11.9 Å². The second-order valence-electron chi connectivity index (χ2n) is 5.13. The van der Waals surface area contributed by atoms with Crippen LogP contribution in [0.5, 0.6) is 0 Å². The van der Waals surface area contributed by atoms with Crippen molar-refractivity contribution in [3.8, 4) is 0 Å². The second kappa shape index (κ2) is 5.44. The zero-order chi connectivity index (χ0) is 14.0. The Morgan fingerprint density at radius 2 is 1.78 bits per heavy atom. The maximum Gasteiger partial charge on any atom is 0.150 e. The Labute approximate surface area is 109 Å². The van der Waals surface area contributed by atoms with Crippen LogP contribution < -0.4 is 5.73 Å². The summed E-state index contributed by atoms with van der Waals surface area (Å²) in [5, 5.41) is 0. The number of nitrogens with zero attached hydrogens (tertiary/aromatic N) is 1. The molecule has 1 aliphatic rings. The van der Waals surface area contributed by atoms with E-state index in [1.54, 1.807) is 0 Å². The van der Waals surface area contributed by atoms with Gasteiger partial charge in [0.2, 0.25) is 0 Å². The van der Waals surface area contributed by atoms with Crippen molar-refractivity contribution >= 4 is 19.7 Å². The number of nitrogens with two attached hydrogens (primary N) is 1. The topological polar surface area (TPSA) is 97.5 Å². The number of likely N-dealkylation sites (N-methyl/N-ethyl adjacent to an activating group) is 1. The van der Waals surface area contributed by atoms with Gasteiger partial charge in [-0.1, -0.05) is 0 Å². The summed E-state index contributed by atoms with van der Waals surface area (Å²) < 4.78 is 45.2. The van der Waals surface area contributed by atoms with Gasteiger partial charge in [0.15, 0.2) is 0 Å². The molecule has 0 saturated carbocycles. The smallest absolute Gasteiger partial charge is 0.150 e. The highest BCUT2D eigenvalue weighted by Crippen LogP contribution is 2.28. The van der Waals surface area contributed by atoms with Gasteiger partial charge < -0.3 is 5.73 Å². The van der Waals surface area contributed by atoms with Crippen LogP contribution in [0.25, 0.3) is 0 Å². The van der Waals surface area contributed by atoms with Gasteiger partial charge in [-0.05, 0) is 19.9 Å². The van der Waals surface area contributed by atoms with Gasteiger partial charge >= 0.3 is 0 Å². The molecule has 0 aromatic rings. The highest BCUT2D eigenvalue weighted by molar-refractivity contribution is 7.91. The van der Waals surface area contributed by atoms with E-state index in [1.165, 1.54) is 6.26 Å². The predicted octanol–water partition coefficient (Wildman–Crippen LogP) is -1.13. The minimum Gasteiger partial charge on any atom is -0.329 e. The van der Waals surface area contributed by atoms with Crippen molar-refractivity contribution < 1.29 is 16.8 Å². The molecule has 2 N–H and O–H groups in total. The molecule has 108 valence electrons. The van der Waals surface area contributed by atoms with E-state index >= 15 is 0 Å². The first kappa shape index (κ1) is 15.9. The van der Waals surface area contributed by atoms with Gasteiger partial charge in [0.05, 0.1) is 17.3 Å². The molecule has 0 amide bonds. The molecule has 0 radical (unpaired) electrons. The molecule has 6 nitrogen and oxygen atoms in total. The van der Waals surface area contributed by atoms with Gasteiger partial charge in [0, 0.05) is 24.9 Å². The molecule has 1 saturated heterocycles. The van der Waals surface area contributed by atoms with Gasteiger partial charge in [-0.15, -0.1) is 0 Å². The fourth-order valence-electron chi connectivity index (χ4n) is 2.20. The summed E-state index contributed by atoms with van der Waals surface area (Å²) in [5.41, 5.74) is 5.40. The fourth-order valence-corrected chi connectivity index (χ4v) is 4.39. The van der Waals surface area contributed by atoms with E-state index in [2.05, 4.69) is 0 Å². The molecule has 1 rings (SSSR count). The summed E-state index contributed by atoms with van der Waals surface area (Å²) in [6, 6.07) is 0. The van der Waals surface area contributed by atoms with Crippen LogP contribution in [0.15, 0.2) is 0 Å². The van der Waals surface area contributed by atoms with Crippen LogP contribution in [0, 0.1) is 0 Å². The Hall–Kier alpha value is -0.180. The first-order chi connectivity index (χ1) is 8.10. The van der Waals surface area contributed by atoms with Gasteiger partial charge in [-0.25, -0.2) is 16.8 Å². The lowest BCUT2D eigenvalue weighted by molar-refractivity contribution is 0.120. The number of sulfone groups is 2. The molecule has 0 aliphatic carbocycles. The zero-order valence-electron chi connectivity index (χ0n) is 10.9. The van der Waals surface area contributed by atoms with E-state index in [4.69, 9.17) is 5.73 Å². The lowest BCUT2D eigenvalue weighted by Crippen LogP contribution is -2.57. The maximum absolute atomic E-state index is 11.4. The van der Waals surface area contributed by atoms with Gasteiger partial charge in [-0.3, -0.25) is 4.90 Å². The Morgan fingerprint density at radius 3 is 2.17 bits per heavy atom. The van der Waals surface area contributed by atoms with Crippen molar-refractivity contribution in [1.82, 2.24) is 4.90 Å². The molecule has 0 aromatic carbocycles. The summed E-state index contributed by atoms with van der Waals surface area (Å²) in [5.74, 6) is 0.332. The molecule has 8 heteroatoms. The van der Waals surface area contributed by atoms with Gasteiger partial charge in [0.1, 0.15) is 19.7 Å². The van der Waals surface area contributed by atoms with Crippen LogP contribution in [-0.4, -0.2) is 70.9 Å². The molecule has 0 bridgehead atoms. The third kappa shape index (κ3) is 4.18. The van der Waals surface area contributed by atoms with Crippen LogP contribution in [0.4, 0.5) is 0 Å². The highest BCUT2D eigenvalue weighted by Gasteiger charge is 2.39. The Bertz CT molecular complexity index is 470. The number of hydrogen-bond acceptors (Lipinski definition) is 6. The summed E-state index contributed by atoms with van der Waals surface area (Å²) in [6.45, 7) is 0.735. The molecule has 1 fully saturated rings. The third-order valence-corrected chi connectivity index (χ3v) is 6.32. The van der Waals surface area contributed by atoms with Crippen molar-refractivity contribution in [2.24, 2.45) is 5.73 Å². The summed E-state index contributed by atoms with van der Waals surface area (Å²) in [4.78, 5) is 1.91. The highest BCUT2D eigenvalue weighted by atomic mass is 32.2. The van der Waals surface area contributed by atoms with E-state index in [0.717, 1.165) is 0 Å². The van der Waals surface area contributed by atoms with Crippen LogP contribution in [-0.2, 0) is 19.7 Å². The van der Waals surface area contributed by atoms with Crippen LogP contribution in [0.2, 0.25) is 0 Å². The zero-order valence-corrected chi connectivity index (χ0v) is 12.6. The molecule has 0 unspecified atom stereocenters. The van der Waals surface area contributed by atoms with Crippen molar-refractivity contribution in [2.45, 2.75) is 18.4 Å². The van der Waals surface area contributed by atoms with Gasteiger partial charge in [-0.2, -0.15) is 0 Å². The Morgan fingerprint density at radius 1 is 1.28 bits per heavy atom. The van der Waals surface area contributed by atoms with E-state index < -0.39 is 19.7 Å². The average Bonchev–Trinajstić information content (AvgIpc) is 2.26. The quantitative estimate of drug-likeness (QED) is 0.690. The molecule has 18 heavy (non-hydrogen) atoms. The maximum atomic E-state index is 11.4. The monoisotopic (exact) mass is 298 g/mol. The van der Waals surface area contributed by atoms with Crippen molar-refractivity contribution in [1.29, 1.82) is 0 Å². The lowest BCUT2D eigenvalue weighted by atomic mass is 9.90. The Kier molecular flexibility index (Phi) is 4.80. The van der Waals surface area contributed by atoms with Crippen LogP contribution in [0.1, 0.15) is 12.8 Å². The number of hydrogen-bond donors (Lipinski definition) is 1. The molecule has 0 aromatic heterocycles. The second-order valence-corrected chi connectivity index (χ2v) is 9.70. The fraction of sp³-hybridized carbons (Fsp3) is 1.00. The van der Waals surface area contributed by atoms with Crippen molar-refractivity contribution in [3.05, 3.63) is 0 Å². The lowest BCUT2D eigenvalue weighted by Gasteiger charge is -2.43. The molecular formula is C10H22N2O4S2. The summed E-state index contributed by atoms with van der Waals surface area (Å²) in [6.07, 6.45) is 2.15. The summed E-state index contributed by atoms with van der Waals surface area (Å²) in [7, 11) is -4.14. The van der Waals surface area contributed by atoms with E-state index in [9.17, 15) is 16.8 Å². The predicted molar refractivity (Wildman–Crippen MR) is 72.0 cm³/mol. The molecular weight excluding hydrogens is 276 g/mol. The molecule has 0 atom stereocenters. The molecule has 1 heterocycles. The summed E-state index contributed by atoms with van der Waals surface area (Å²) >= 11 is 0. The normalized spacial score (nSPS) is 23.1. The SMILES string of the molecule is CN(CCS(C)(=O)=O)C1(CN)CCS(=O)(=O)CC1. The molecule has 0 spiro atoms. The minimum atomic E-state index is -3.02. The largest absolute Gasteiger partial charge is 0.329 e. The van der Waals surface area contributed by atoms with Crippen molar-refractivity contribution in [2.75, 3.05) is 43.7 Å². The van der Waals surface area contributed by atoms with Crippen LogP contribution in [0.3, 0.4) is 0 Å². The minimum absolute atomic E-state index is 0.0675. The van der Waals surface area contributed by atoms with Crippen LogP contribution >= 0.6 is 0 Å². The van der Waals surface area contributed by atoms with E-state index in [-0.39, 0.29) is 22.8 Å². The molecule has 1 aliphatic heterocycles. The van der Waals surface area contributed by atoms with Gasteiger partial charge in [0.25, 0.3) is 0 Å². The average molecular weight is 298 g/mol. The van der Waals surface area contributed by atoms with Crippen molar-refractivity contribution in [3.63, 3.8) is 0 Å². The first-order valence-corrected chi connectivity index (χ1v) is 9.78. The standard InChI is InChI=1S/C10H22N2O4S2/c1-12(5-8-17(2,13)14)10(9-11)3-6-18(15,16)7-4-10/h3-9,11H2,1-2H3. The third-order valence-electron chi connectivity index (χ3n) is 3.74. The van der Waals surface area contributed by atoms with E-state index in [0.29, 0.717) is 25.9 Å². The first-order valence-electron chi connectivity index (χ1n) is 5.90.